The van der Waals surface area contributed by atoms with Crippen LogP contribution in [0.25, 0.3) is 65.7 Å². The zero-order valence-corrected chi connectivity index (χ0v) is 28.0. The van der Waals surface area contributed by atoms with E-state index in [1.54, 1.807) is 0 Å². The van der Waals surface area contributed by atoms with Gasteiger partial charge < -0.3 is 0 Å². The second kappa shape index (κ2) is 11.1. The Kier molecular flexibility index (Phi) is 6.21. The predicted octanol–water partition coefficient (Wildman–Crippen LogP) is 13.2. The summed E-state index contributed by atoms with van der Waals surface area (Å²) in [5.74, 6) is 0.891. The lowest BCUT2D eigenvalue weighted by Crippen LogP contribution is -2.31. The lowest BCUT2D eigenvalue weighted by atomic mass is 9.66. The van der Waals surface area contributed by atoms with Crippen molar-refractivity contribution in [1.29, 1.82) is 0 Å². The zero-order chi connectivity index (χ0) is 33.5. The smallest absolute Gasteiger partial charge is 0.0677 e. The number of aliphatic imine (C=N–C) groups is 1. The maximum atomic E-state index is 5.36. The average Bonchev–Trinajstić information content (AvgIpc) is 3.59. The van der Waals surface area contributed by atoms with Crippen molar-refractivity contribution in [1.82, 2.24) is 0 Å². The summed E-state index contributed by atoms with van der Waals surface area (Å²) in [7, 11) is 0. The van der Waals surface area contributed by atoms with E-state index >= 15 is 0 Å². The molecule has 1 nitrogen and oxygen atoms in total. The van der Waals surface area contributed by atoms with E-state index in [2.05, 4.69) is 182 Å². The molecule has 1 heterocycles. The molecule has 0 bridgehead atoms. The standard InChI is InChI=1S/C50H33N/c1-2-12-34-29-36(26-23-31(34)11-1)48-42-18-8-6-16-40(42)47(41-17-7-9-19-43(41)48)33-24-21-32(22-25-33)35-27-28-45-46(30-35)51-50-44-20-10-4-14-38(44)37-13-3-5-15-39(37)49(45)50/h1-30,38,44,49H. The first kappa shape index (κ1) is 28.5. The molecule has 1 aliphatic heterocycles. The summed E-state index contributed by atoms with van der Waals surface area (Å²) in [4.78, 5) is 5.36. The summed E-state index contributed by atoms with van der Waals surface area (Å²) in [5.41, 5.74) is 14.0. The van der Waals surface area contributed by atoms with Crippen molar-refractivity contribution in [2.24, 2.45) is 10.9 Å². The Hall–Kier alpha value is -6.31. The van der Waals surface area contributed by atoms with Crippen molar-refractivity contribution in [2.45, 2.75) is 11.8 Å². The number of benzene rings is 8. The highest BCUT2D eigenvalue weighted by Gasteiger charge is 2.42. The molecule has 1 heteroatoms. The fourth-order valence-corrected chi connectivity index (χ4v) is 9.21. The molecule has 8 aromatic carbocycles. The minimum atomic E-state index is 0.226. The first-order valence-corrected chi connectivity index (χ1v) is 18.0. The van der Waals surface area contributed by atoms with Crippen LogP contribution in [0.2, 0.25) is 0 Å². The molecular weight excluding hydrogens is 615 g/mol. The summed E-state index contributed by atoms with van der Waals surface area (Å²) in [5, 5.41) is 7.62. The van der Waals surface area contributed by atoms with Gasteiger partial charge in [-0.3, -0.25) is 4.99 Å². The van der Waals surface area contributed by atoms with Crippen LogP contribution in [0.1, 0.15) is 28.5 Å². The third-order valence-electron chi connectivity index (χ3n) is 11.5. The Morgan fingerprint density at radius 2 is 0.922 bits per heavy atom. The lowest BCUT2D eigenvalue weighted by molar-refractivity contribution is 0.683. The Morgan fingerprint density at radius 3 is 1.65 bits per heavy atom. The maximum Gasteiger partial charge on any atom is 0.0677 e. The molecule has 3 atom stereocenters. The molecule has 0 N–H and O–H groups in total. The van der Waals surface area contributed by atoms with E-state index in [4.69, 9.17) is 4.99 Å². The average molecular weight is 648 g/mol. The van der Waals surface area contributed by atoms with Gasteiger partial charge in [0.25, 0.3) is 0 Å². The topological polar surface area (TPSA) is 12.4 Å². The molecule has 0 fully saturated rings. The zero-order valence-electron chi connectivity index (χ0n) is 28.0. The first-order chi connectivity index (χ1) is 25.3. The van der Waals surface area contributed by atoms with Gasteiger partial charge in [-0.25, -0.2) is 0 Å². The maximum absolute atomic E-state index is 5.36. The van der Waals surface area contributed by atoms with Gasteiger partial charge in [0.15, 0.2) is 0 Å². The van der Waals surface area contributed by atoms with Crippen molar-refractivity contribution in [2.75, 3.05) is 0 Å². The van der Waals surface area contributed by atoms with E-state index in [1.165, 1.54) is 88.1 Å². The molecule has 0 saturated heterocycles. The van der Waals surface area contributed by atoms with Gasteiger partial charge in [0.1, 0.15) is 0 Å². The number of hydrogen-bond donors (Lipinski definition) is 0. The normalized spacial score (nSPS) is 18.4. The largest absolute Gasteiger partial charge is 0.256 e. The molecule has 0 aromatic heterocycles. The SMILES string of the molecule is C1=CC2C3=Nc4cc(-c5ccc(-c6c7ccccc7c(-c7ccc8ccccc8c7)c7ccccc67)cc5)ccc4C3c3ccccc3C2C=C1. The Bertz CT molecular complexity index is 2760. The molecule has 8 aromatic rings. The van der Waals surface area contributed by atoms with E-state index in [-0.39, 0.29) is 5.92 Å². The van der Waals surface area contributed by atoms with Crippen LogP contribution in [0, 0.1) is 5.92 Å². The van der Waals surface area contributed by atoms with Crippen molar-refractivity contribution in [3.8, 4) is 33.4 Å². The molecule has 2 aliphatic carbocycles. The van der Waals surface area contributed by atoms with Crippen LogP contribution >= 0.6 is 0 Å². The van der Waals surface area contributed by atoms with E-state index in [0.29, 0.717) is 11.8 Å². The van der Waals surface area contributed by atoms with Crippen LogP contribution < -0.4 is 0 Å². The molecule has 3 aliphatic rings. The van der Waals surface area contributed by atoms with Gasteiger partial charge in [-0.1, -0.05) is 170 Å². The number of rotatable bonds is 3. The highest BCUT2D eigenvalue weighted by Crippen LogP contribution is 2.52. The van der Waals surface area contributed by atoms with Gasteiger partial charge in [0, 0.05) is 17.5 Å². The summed E-state index contributed by atoms with van der Waals surface area (Å²) in [6.07, 6.45) is 9.07. The second-order valence-corrected chi connectivity index (χ2v) is 14.2. The fourth-order valence-electron chi connectivity index (χ4n) is 9.21. The van der Waals surface area contributed by atoms with Crippen LogP contribution in [0.4, 0.5) is 5.69 Å². The van der Waals surface area contributed by atoms with E-state index in [1.807, 2.05) is 0 Å². The first-order valence-electron chi connectivity index (χ1n) is 18.0. The molecule has 0 amide bonds. The highest BCUT2D eigenvalue weighted by atomic mass is 14.8. The summed E-state index contributed by atoms with van der Waals surface area (Å²) in [6.45, 7) is 0. The van der Waals surface area contributed by atoms with Crippen molar-refractivity contribution >= 4 is 43.7 Å². The highest BCUT2D eigenvalue weighted by molar-refractivity contribution is 6.21. The molecule has 0 spiro atoms. The minimum absolute atomic E-state index is 0.226. The van der Waals surface area contributed by atoms with Gasteiger partial charge in [-0.15, -0.1) is 0 Å². The molecule has 0 saturated carbocycles. The van der Waals surface area contributed by atoms with Gasteiger partial charge in [0.05, 0.1) is 11.6 Å². The van der Waals surface area contributed by atoms with Crippen LogP contribution in [-0.4, -0.2) is 5.71 Å². The summed E-state index contributed by atoms with van der Waals surface area (Å²) < 4.78 is 0. The van der Waals surface area contributed by atoms with Crippen LogP contribution in [-0.2, 0) is 0 Å². The second-order valence-electron chi connectivity index (χ2n) is 14.2. The Morgan fingerprint density at radius 1 is 0.373 bits per heavy atom. The molecule has 3 unspecified atom stereocenters. The Balaban J connectivity index is 1.02. The number of hydrogen-bond acceptors (Lipinski definition) is 1. The van der Waals surface area contributed by atoms with Crippen LogP contribution in [0.15, 0.2) is 187 Å². The molecule has 51 heavy (non-hydrogen) atoms. The van der Waals surface area contributed by atoms with Gasteiger partial charge in [0.2, 0.25) is 0 Å². The Labute approximate surface area is 297 Å². The third-order valence-corrected chi connectivity index (χ3v) is 11.5. The summed E-state index contributed by atoms with van der Waals surface area (Å²) >= 11 is 0. The van der Waals surface area contributed by atoms with Gasteiger partial charge in [-0.05, 0) is 94.5 Å². The van der Waals surface area contributed by atoms with Gasteiger partial charge in [-0.2, -0.15) is 0 Å². The monoisotopic (exact) mass is 647 g/mol. The van der Waals surface area contributed by atoms with Crippen molar-refractivity contribution in [3.05, 3.63) is 199 Å². The van der Waals surface area contributed by atoms with Crippen molar-refractivity contribution < 1.29 is 0 Å². The summed E-state index contributed by atoms with van der Waals surface area (Å²) in [6, 6.07) is 58.4. The number of nitrogens with zero attached hydrogens (tertiary/aromatic N) is 1. The lowest BCUT2D eigenvalue weighted by Gasteiger charge is -2.36. The van der Waals surface area contributed by atoms with E-state index in [0.717, 1.165) is 5.69 Å². The predicted molar refractivity (Wildman–Crippen MR) is 215 cm³/mol. The third kappa shape index (κ3) is 4.31. The number of fused-ring (bicyclic) bond motifs is 11. The number of allylic oxidation sites excluding steroid dienone is 4. The van der Waals surface area contributed by atoms with Crippen LogP contribution in [0.5, 0.6) is 0 Å². The van der Waals surface area contributed by atoms with E-state index in [9.17, 15) is 0 Å². The van der Waals surface area contributed by atoms with E-state index < -0.39 is 0 Å². The molecular formula is C50H33N. The molecule has 238 valence electrons. The molecule has 0 radical (unpaired) electrons. The van der Waals surface area contributed by atoms with Gasteiger partial charge >= 0.3 is 0 Å². The molecule has 11 rings (SSSR count). The fraction of sp³-hybridized carbons (Fsp3) is 0.0600. The minimum Gasteiger partial charge on any atom is -0.256 e. The quantitative estimate of drug-likeness (QED) is 0.169. The van der Waals surface area contributed by atoms with Crippen LogP contribution in [0.3, 0.4) is 0 Å². The van der Waals surface area contributed by atoms with Crippen molar-refractivity contribution in [3.63, 3.8) is 0 Å².